The summed E-state index contributed by atoms with van der Waals surface area (Å²) >= 11 is 0. The van der Waals surface area contributed by atoms with Crippen LogP contribution in [0.2, 0.25) is 0 Å². The van der Waals surface area contributed by atoms with Gasteiger partial charge in [0.05, 0.1) is 0 Å². The molecule has 9 aromatic carbocycles. The first kappa shape index (κ1) is 38.6. The zero-order chi connectivity index (χ0) is 42.7. The molecule has 11 rings (SSSR count). The Morgan fingerprint density at radius 3 is 1.20 bits per heavy atom. The van der Waals surface area contributed by atoms with Crippen molar-refractivity contribution in [2.24, 2.45) is 0 Å². The molecule has 302 valence electrons. The Bertz CT molecular complexity index is 3290. The van der Waals surface area contributed by atoms with Gasteiger partial charge in [0.1, 0.15) is 0 Å². The molecule has 3 nitrogen and oxygen atoms in total. The van der Waals surface area contributed by atoms with E-state index in [0.29, 0.717) is 17.5 Å². The average Bonchev–Trinajstić information content (AvgIpc) is 3.38. The van der Waals surface area contributed by atoms with Crippen molar-refractivity contribution in [3.63, 3.8) is 0 Å². The molecule has 0 spiro atoms. The van der Waals surface area contributed by atoms with Crippen molar-refractivity contribution < 1.29 is 0 Å². The minimum Gasteiger partial charge on any atom is -0.208 e. The predicted octanol–water partition coefficient (Wildman–Crippen LogP) is 15.6. The first-order valence-corrected chi connectivity index (χ1v) is 22.0. The van der Waals surface area contributed by atoms with Gasteiger partial charge >= 0.3 is 0 Å². The third-order valence-corrected chi connectivity index (χ3v) is 12.2. The lowest BCUT2D eigenvalue weighted by Gasteiger charge is -2.20. The number of rotatable bonds is 9. The van der Waals surface area contributed by atoms with Crippen LogP contribution in [0, 0.1) is 0 Å². The number of aromatic nitrogens is 3. The zero-order valence-corrected chi connectivity index (χ0v) is 35.3. The lowest BCUT2D eigenvalue weighted by atomic mass is 9.83. The third-order valence-electron chi connectivity index (χ3n) is 12.2. The summed E-state index contributed by atoms with van der Waals surface area (Å²) in [6.45, 7) is 0. The normalized spacial score (nSPS) is 12.3. The molecule has 10 aromatic rings. The highest BCUT2D eigenvalue weighted by atomic mass is 15.0. The molecular formula is C61H43N3. The van der Waals surface area contributed by atoms with Crippen LogP contribution in [0.5, 0.6) is 0 Å². The minimum atomic E-state index is 0.659. The maximum absolute atomic E-state index is 5.04. The molecule has 0 aliphatic heterocycles. The Labute approximate surface area is 374 Å². The molecule has 0 N–H and O–H groups in total. The Hall–Kier alpha value is -8.27. The second kappa shape index (κ2) is 17.2. The number of fused-ring (bicyclic) bond motifs is 2. The fourth-order valence-corrected chi connectivity index (χ4v) is 9.22. The smallest absolute Gasteiger partial charge is 0.164 e. The van der Waals surface area contributed by atoms with E-state index >= 15 is 0 Å². The third kappa shape index (κ3) is 7.44. The lowest BCUT2D eigenvalue weighted by molar-refractivity contribution is 1.01. The van der Waals surface area contributed by atoms with Crippen molar-refractivity contribution in [2.45, 2.75) is 12.8 Å². The highest BCUT2D eigenvalue weighted by Gasteiger charge is 2.21. The SMILES string of the molecule is C1=CC(c2nc(-c3ccccc3)nc(-c3ccc(-c4c5ccccc5c(-c5cccc(C(=C(c6ccccc6)c6ccccc6)c6ccccc6)c5)c5ccccc45)cc3)n2)=CCC1. The maximum Gasteiger partial charge on any atom is 0.164 e. The van der Waals surface area contributed by atoms with Gasteiger partial charge in [0.15, 0.2) is 17.5 Å². The summed E-state index contributed by atoms with van der Waals surface area (Å²) in [5.41, 5.74) is 14.8. The summed E-state index contributed by atoms with van der Waals surface area (Å²) in [5.74, 6) is 2.03. The number of benzene rings is 9. The number of hydrogen-bond donors (Lipinski definition) is 0. The van der Waals surface area contributed by atoms with Gasteiger partial charge in [-0.2, -0.15) is 0 Å². The monoisotopic (exact) mass is 817 g/mol. The summed E-state index contributed by atoms with van der Waals surface area (Å²) in [5, 5.41) is 4.81. The second-order valence-electron chi connectivity index (χ2n) is 16.2. The van der Waals surface area contributed by atoms with Crippen molar-refractivity contribution in [3.05, 3.63) is 265 Å². The van der Waals surface area contributed by atoms with E-state index in [2.05, 4.69) is 218 Å². The van der Waals surface area contributed by atoms with E-state index in [9.17, 15) is 0 Å². The van der Waals surface area contributed by atoms with Crippen molar-refractivity contribution in [3.8, 4) is 45.0 Å². The van der Waals surface area contributed by atoms with E-state index < -0.39 is 0 Å². The molecular weight excluding hydrogens is 775 g/mol. The van der Waals surface area contributed by atoms with Crippen molar-refractivity contribution in [1.82, 2.24) is 15.0 Å². The fourth-order valence-electron chi connectivity index (χ4n) is 9.22. The van der Waals surface area contributed by atoms with Gasteiger partial charge in [-0.3, -0.25) is 0 Å². The van der Waals surface area contributed by atoms with Crippen LogP contribution in [0.1, 0.15) is 40.9 Å². The van der Waals surface area contributed by atoms with E-state index in [0.717, 1.165) is 40.7 Å². The van der Waals surface area contributed by atoms with Crippen molar-refractivity contribution in [2.75, 3.05) is 0 Å². The van der Waals surface area contributed by atoms with E-state index in [1.807, 2.05) is 18.2 Å². The molecule has 1 heterocycles. The van der Waals surface area contributed by atoms with Gasteiger partial charge < -0.3 is 0 Å². The standard InChI is InChI=1S/C61H43N3/c1-6-21-42(22-7-1)55(43-23-8-2-9-24-43)56(44-25-10-3-11-26-44)49-31-20-32-50(41-49)58-53-35-18-16-33-51(53)57(52-34-17-19-36-54(52)58)45-37-39-48(40-38-45)61-63-59(46-27-12-4-13-28-46)62-60(64-61)47-29-14-5-15-30-47/h1-4,6-14,16-41H,5,15H2. The quantitative estimate of drug-likeness (QED) is 0.108. The van der Waals surface area contributed by atoms with Gasteiger partial charge in [0, 0.05) is 16.7 Å². The molecule has 64 heavy (non-hydrogen) atoms. The summed E-state index contributed by atoms with van der Waals surface area (Å²) < 4.78 is 0. The second-order valence-corrected chi connectivity index (χ2v) is 16.2. The largest absolute Gasteiger partial charge is 0.208 e. The molecule has 3 heteroatoms. The highest BCUT2D eigenvalue weighted by Crippen LogP contribution is 2.45. The zero-order valence-electron chi connectivity index (χ0n) is 35.3. The van der Waals surface area contributed by atoms with Crippen LogP contribution in [-0.2, 0) is 0 Å². The van der Waals surface area contributed by atoms with E-state index in [1.165, 1.54) is 66.1 Å². The van der Waals surface area contributed by atoms with Gasteiger partial charge in [-0.1, -0.05) is 231 Å². The van der Waals surface area contributed by atoms with Crippen LogP contribution < -0.4 is 0 Å². The number of hydrogen-bond acceptors (Lipinski definition) is 3. The first-order chi connectivity index (χ1) is 31.8. The first-order valence-electron chi connectivity index (χ1n) is 22.0. The Morgan fingerprint density at radius 1 is 0.312 bits per heavy atom. The van der Waals surface area contributed by atoms with Crippen LogP contribution in [0.25, 0.3) is 83.3 Å². The highest BCUT2D eigenvalue weighted by molar-refractivity contribution is 6.21. The van der Waals surface area contributed by atoms with Crippen LogP contribution in [0.3, 0.4) is 0 Å². The van der Waals surface area contributed by atoms with E-state index in [4.69, 9.17) is 15.0 Å². The topological polar surface area (TPSA) is 38.7 Å². The molecule has 0 fully saturated rings. The molecule has 0 saturated heterocycles. The molecule has 0 unspecified atom stereocenters. The van der Waals surface area contributed by atoms with Gasteiger partial charge in [-0.25, -0.2) is 15.0 Å². The van der Waals surface area contributed by atoms with Crippen LogP contribution in [-0.4, -0.2) is 15.0 Å². The summed E-state index contributed by atoms with van der Waals surface area (Å²) in [6.07, 6.45) is 8.55. The number of nitrogens with zero attached hydrogens (tertiary/aromatic N) is 3. The van der Waals surface area contributed by atoms with Crippen LogP contribution >= 0.6 is 0 Å². The fraction of sp³-hybridized carbons (Fsp3) is 0.0328. The predicted molar refractivity (Wildman–Crippen MR) is 267 cm³/mol. The van der Waals surface area contributed by atoms with Crippen LogP contribution in [0.15, 0.2) is 237 Å². The molecule has 0 amide bonds. The van der Waals surface area contributed by atoms with Crippen LogP contribution in [0.4, 0.5) is 0 Å². The Kier molecular flexibility index (Phi) is 10.4. The molecule has 0 bridgehead atoms. The van der Waals surface area contributed by atoms with Crippen molar-refractivity contribution in [1.29, 1.82) is 0 Å². The molecule has 0 radical (unpaired) electrons. The van der Waals surface area contributed by atoms with E-state index in [-0.39, 0.29) is 0 Å². The van der Waals surface area contributed by atoms with Gasteiger partial charge in [-0.15, -0.1) is 0 Å². The van der Waals surface area contributed by atoms with Crippen molar-refractivity contribution >= 4 is 38.3 Å². The summed E-state index contributed by atoms with van der Waals surface area (Å²) in [4.78, 5) is 15.0. The van der Waals surface area contributed by atoms with Gasteiger partial charge in [-0.05, 0) is 96.1 Å². The maximum atomic E-state index is 5.04. The Morgan fingerprint density at radius 2 is 0.703 bits per heavy atom. The Balaban J connectivity index is 1.07. The summed E-state index contributed by atoms with van der Waals surface area (Å²) in [6, 6.07) is 78.2. The van der Waals surface area contributed by atoms with Gasteiger partial charge in [0.25, 0.3) is 0 Å². The van der Waals surface area contributed by atoms with E-state index in [1.54, 1.807) is 0 Å². The number of allylic oxidation sites excluding steroid dienone is 4. The molecule has 0 saturated carbocycles. The lowest BCUT2D eigenvalue weighted by Crippen LogP contribution is -2.03. The summed E-state index contributed by atoms with van der Waals surface area (Å²) in [7, 11) is 0. The molecule has 0 atom stereocenters. The molecule has 1 aromatic heterocycles. The van der Waals surface area contributed by atoms with Gasteiger partial charge in [0.2, 0.25) is 0 Å². The molecule has 1 aliphatic rings. The average molecular weight is 818 g/mol. The minimum absolute atomic E-state index is 0.659. The molecule has 1 aliphatic carbocycles.